The van der Waals surface area contributed by atoms with Crippen molar-refractivity contribution in [2.24, 2.45) is 5.92 Å². The van der Waals surface area contributed by atoms with Crippen molar-refractivity contribution >= 4 is 69.8 Å². The van der Waals surface area contributed by atoms with Gasteiger partial charge >= 0.3 is 0 Å². The zero-order valence-electron chi connectivity index (χ0n) is 22.2. The standard InChI is InChI=1S/C25H24B3FN6O5S/c1-39-6-5-30-23(38)24-33-18(11-41-24)14-7-13(29)8-17(20(14)40-2)32-16-9-19(34-21(36)12-3-4-12)31-10-15(16)22(37)35-25(26,27)28/h7-12H,3-6H2,1-2H3,(H,30,38)(H,35,37)(H2,31,32,34,36). The van der Waals surface area contributed by atoms with Crippen molar-refractivity contribution in [1.82, 2.24) is 20.6 Å². The van der Waals surface area contributed by atoms with Gasteiger partial charge in [-0.05, 0) is 18.9 Å². The molecule has 0 bridgehead atoms. The Morgan fingerprint density at radius 1 is 1.12 bits per heavy atom. The number of hydrogen-bond acceptors (Lipinski definition) is 9. The summed E-state index contributed by atoms with van der Waals surface area (Å²) in [5, 5.41) is 10.3. The van der Waals surface area contributed by atoms with Crippen LogP contribution in [0.3, 0.4) is 0 Å². The fourth-order valence-corrected chi connectivity index (χ4v) is 4.46. The summed E-state index contributed by atoms with van der Waals surface area (Å²) in [4.78, 5) is 46.1. The molecule has 1 aromatic carbocycles. The molecule has 6 radical (unpaired) electrons. The average molecular weight is 572 g/mol. The van der Waals surface area contributed by atoms with Crippen LogP contribution in [0.2, 0.25) is 0 Å². The lowest BCUT2D eigenvalue weighted by Crippen LogP contribution is -2.50. The monoisotopic (exact) mass is 572 g/mol. The topological polar surface area (TPSA) is 144 Å². The minimum atomic E-state index is -2.03. The first-order valence-corrected chi connectivity index (χ1v) is 13.2. The van der Waals surface area contributed by atoms with Crippen LogP contribution in [0.4, 0.5) is 21.6 Å². The fourth-order valence-electron chi connectivity index (χ4n) is 3.73. The number of anilines is 3. The van der Waals surface area contributed by atoms with Crippen LogP contribution < -0.4 is 26.0 Å². The summed E-state index contributed by atoms with van der Waals surface area (Å²) in [6.07, 6.45) is 2.74. The summed E-state index contributed by atoms with van der Waals surface area (Å²) < 4.78 is 25.4. The molecule has 0 saturated heterocycles. The van der Waals surface area contributed by atoms with Crippen LogP contribution in [-0.2, 0) is 9.53 Å². The smallest absolute Gasteiger partial charge is 0.280 e. The van der Waals surface area contributed by atoms with E-state index in [1.165, 1.54) is 32.5 Å². The van der Waals surface area contributed by atoms with E-state index < -0.39 is 22.9 Å². The number of methoxy groups -OCH3 is 2. The van der Waals surface area contributed by atoms with Crippen LogP contribution in [0.15, 0.2) is 29.8 Å². The molecule has 0 spiro atoms. The third kappa shape index (κ3) is 7.85. The molecule has 4 rings (SSSR count). The van der Waals surface area contributed by atoms with Gasteiger partial charge in [-0.3, -0.25) is 14.4 Å². The SMILES string of the molecule is [B]C([B])([B])NC(=O)c1cnc(NC(=O)C2CC2)cc1Nc1cc(F)cc(-c2csc(C(=O)NCCOC)n2)c1OC. The van der Waals surface area contributed by atoms with Crippen molar-refractivity contribution in [2.75, 3.05) is 38.0 Å². The lowest BCUT2D eigenvalue weighted by atomic mass is 9.49. The summed E-state index contributed by atoms with van der Waals surface area (Å²) >= 11 is 1.07. The Labute approximate surface area is 243 Å². The van der Waals surface area contributed by atoms with Gasteiger partial charge < -0.3 is 30.7 Å². The Hall–Kier alpha value is -3.91. The first-order valence-electron chi connectivity index (χ1n) is 12.4. The van der Waals surface area contributed by atoms with Crippen molar-refractivity contribution in [3.05, 3.63) is 46.2 Å². The largest absolute Gasteiger partial charge is 0.494 e. The summed E-state index contributed by atoms with van der Waals surface area (Å²) in [6.45, 7) is 0.632. The summed E-state index contributed by atoms with van der Waals surface area (Å²) in [5.74, 6) is -1.83. The number of aromatic nitrogens is 2. The Balaban J connectivity index is 1.70. The molecule has 1 fully saturated rings. The van der Waals surface area contributed by atoms with E-state index >= 15 is 0 Å². The van der Waals surface area contributed by atoms with E-state index in [0.717, 1.165) is 30.2 Å². The van der Waals surface area contributed by atoms with Crippen LogP contribution in [-0.4, -0.2) is 83.8 Å². The number of carbonyl (C=O) groups is 3. The van der Waals surface area contributed by atoms with Gasteiger partial charge in [-0.15, -0.1) is 11.3 Å². The molecule has 0 aliphatic heterocycles. The first-order chi connectivity index (χ1) is 19.5. The number of nitrogens with one attached hydrogen (secondary N) is 4. The van der Waals surface area contributed by atoms with Gasteiger partial charge in [0, 0.05) is 48.8 Å². The molecule has 16 heteroatoms. The highest BCUT2D eigenvalue weighted by molar-refractivity contribution is 7.12. The van der Waals surface area contributed by atoms with Gasteiger partial charge in [0.25, 0.3) is 11.8 Å². The zero-order chi connectivity index (χ0) is 29.7. The molecule has 206 valence electrons. The van der Waals surface area contributed by atoms with Gasteiger partial charge in [0.2, 0.25) is 5.91 Å². The molecular formula is C25H24B3FN6O5S. The zero-order valence-corrected chi connectivity index (χ0v) is 23.1. The highest BCUT2D eigenvalue weighted by Gasteiger charge is 2.30. The Morgan fingerprint density at radius 2 is 1.88 bits per heavy atom. The molecule has 0 unspecified atom stereocenters. The van der Waals surface area contributed by atoms with Crippen molar-refractivity contribution in [2.45, 2.75) is 18.1 Å². The molecular weight excluding hydrogens is 548 g/mol. The highest BCUT2D eigenvalue weighted by Crippen LogP contribution is 2.40. The van der Waals surface area contributed by atoms with Gasteiger partial charge in [0.1, 0.15) is 11.6 Å². The Bertz CT molecular complexity index is 1460. The second kappa shape index (κ2) is 12.7. The first kappa shape index (κ1) is 30.1. The molecule has 2 heterocycles. The van der Waals surface area contributed by atoms with Gasteiger partial charge in [-0.2, -0.15) is 0 Å². The van der Waals surface area contributed by atoms with E-state index in [2.05, 4.69) is 31.2 Å². The minimum Gasteiger partial charge on any atom is -0.494 e. The summed E-state index contributed by atoms with van der Waals surface area (Å²) in [6, 6.07) is 3.76. The van der Waals surface area contributed by atoms with Crippen LogP contribution in [0.25, 0.3) is 11.3 Å². The lowest BCUT2D eigenvalue weighted by Gasteiger charge is -2.23. The fraction of sp³-hybridized carbons (Fsp3) is 0.320. The molecule has 11 nitrogen and oxygen atoms in total. The van der Waals surface area contributed by atoms with E-state index in [1.807, 2.05) is 0 Å². The number of benzene rings is 1. The maximum absolute atomic E-state index is 14.9. The number of ether oxygens (including phenoxy) is 2. The molecule has 3 amide bonds. The second-order valence-electron chi connectivity index (χ2n) is 9.21. The molecule has 3 aromatic rings. The van der Waals surface area contributed by atoms with E-state index in [-0.39, 0.29) is 56.6 Å². The third-order valence-electron chi connectivity index (χ3n) is 5.77. The van der Waals surface area contributed by atoms with Crippen LogP contribution in [0.1, 0.15) is 33.0 Å². The van der Waals surface area contributed by atoms with Crippen LogP contribution >= 0.6 is 11.3 Å². The summed E-state index contributed by atoms with van der Waals surface area (Å²) in [7, 11) is 19.5. The van der Waals surface area contributed by atoms with Crippen molar-refractivity contribution in [3.8, 4) is 17.0 Å². The number of thiazole rings is 1. The van der Waals surface area contributed by atoms with Crippen molar-refractivity contribution in [1.29, 1.82) is 0 Å². The predicted octanol–water partition coefficient (Wildman–Crippen LogP) is 1.67. The van der Waals surface area contributed by atoms with E-state index in [0.29, 0.717) is 13.2 Å². The highest BCUT2D eigenvalue weighted by atomic mass is 32.1. The molecule has 41 heavy (non-hydrogen) atoms. The van der Waals surface area contributed by atoms with Crippen LogP contribution in [0, 0.1) is 11.7 Å². The second-order valence-corrected chi connectivity index (χ2v) is 10.1. The molecule has 4 N–H and O–H groups in total. The van der Waals surface area contributed by atoms with Crippen LogP contribution in [0.5, 0.6) is 5.75 Å². The lowest BCUT2D eigenvalue weighted by molar-refractivity contribution is -0.117. The van der Waals surface area contributed by atoms with E-state index in [1.54, 1.807) is 5.38 Å². The van der Waals surface area contributed by atoms with Gasteiger partial charge in [-0.25, -0.2) is 14.4 Å². The summed E-state index contributed by atoms with van der Waals surface area (Å²) in [5.41, 5.74) is 0.696. The molecule has 2 aromatic heterocycles. The maximum Gasteiger partial charge on any atom is 0.280 e. The predicted molar refractivity (Wildman–Crippen MR) is 155 cm³/mol. The number of halogens is 1. The average Bonchev–Trinajstić information content (AvgIpc) is 3.64. The quantitative estimate of drug-likeness (QED) is 0.190. The molecule has 1 saturated carbocycles. The number of rotatable bonds is 12. The maximum atomic E-state index is 14.9. The van der Waals surface area contributed by atoms with Gasteiger partial charge in [0.05, 0.1) is 59.9 Å². The number of hydrogen-bond donors (Lipinski definition) is 4. The molecule has 1 aliphatic rings. The number of pyridine rings is 1. The number of carbonyl (C=O) groups excluding carboxylic acids is 3. The number of nitrogens with zero attached hydrogens (tertiary/aromatic N) is 2. The van der Waals surface area contributed by atoms with Gasteiger partial charge in [-0.1, -0.05) is 5.24 Å². The molecule has 1 aliphatic carbocycles. The Morgan fingerprint density at radius 3 is 2.54 bits per heavy atom. The van der Waals surface area contributed by atoms with Gasteiger partial charge in [0.15, 0.2) is 10.8 Å². The molecule has 0 atom stereocenters. The van der Waals surface area contributed by atoms with Crippen molar-refractivity contribution in [3.63, 3.8) is 0 Å². The third-order valence-corrected chi connectivity index (χ3v) is 6.61. The minimum absolute atomic E-state index is 0.0586. The number of amides is 3. The van der Waals surface area contributed by atoms with E-state index in [4.69, 9.17) is 33.0 Å². The normalized spacial score (nSPS) is 12.9. The van der Waals surface area contributed by atoms with E-state index in [9.17, 15) is 18.8 Å². The Kier molecular flexibility index (Phi) is 9.33. The van der Waals surface area contributed by atoms with Crippen molar-refractivity contribution < 1.29 is 28.2 Å².